The zero-order valence-electron chi connectivity index (χ0n) is 9.39. The number of aromatic nitrogens is 1. The van der Waals surface area contributed by atoms with Gasteiger partial charge in [-0.15, -0.1) is 0 Å². The first-order chi connectivity index (χ1) is 8.79. The Balaban J connectivity index is 2.31. The standard InChI is InChI=1S/C9H8ClN3O5S/c10-19(17,18)7-4-9(14)12(5-7)8-3-6(13(15)16)1-2-11-8/h1-3,7H,4-5H2. The number of hydrogen-bond donors (Lipinski definition) is 0. The Bertz CT molecular complexity index is 647. The topological polar surface area (TPSA) is 110 Å². The molecule has 10 heteroatoms. The van der Waals surface area contributed by atoms with Crippen LogP contribution in [0.15, 0.2) is 18.3 Å². The monoisotopic (exact) mass is 305 g/mol. The molecule has 1 atom stereocenters. The van der Waals surface area contributed by atoms with E-state index in [4.69, 9.17) is 10.7 Å². The first-order valence-corrected chi connectivity index (χ1v) is 7.50. The Morgan fingerprint density at radius 3 is 2.74 bits per heavy atom. The van der Waals surface area contributed by atoms with Gasteiger partial charge in [-0.3, -0.25) is 19.8 Å². The van der Waals surface area contributed by atoms with Crippen LogP contribution in [-0.2, 0) is 13.8 Å². The minimum absolute atomic E-state index is 0.0435. The molecule has 8 nitrogen and oxygen atoms in total. The van der Waals surface area contributed by atoms with Crippen molar-refractivity contribution in [2.75, 3.05) is 11.4 Å². The van der Waals surface area contributed by atoms with Crippen molar-refractivity contribution in [1.82, 2.24) is 4.98 Å². The lowest BCUT2D eigenvalue weighted by Crippen LogP contribution is -2.27. The van der Waals surface area contributed by atoms with Crippen LogP contribution in [0.5, 0.6) is 0 Å². The molecule has 0 bridgehead atoms. The lowest BCUT2D eigenvalue weighted by molar-refractivity contribution is -0.384. The number of rotatable bonds is 3. The Morgan fingerprint density at radius 1 is 1.53 bits per heavy atom. The Kier molecular flexibility index (Phi) is 3.42. The summed E-state index contributed by atoms with van der Waals surface area (Å²) < 4.78 is 22.4. The molecule has 2 heterocycles. The normalized spacial score (nSPS) is 19.7. The van der Waals surface area contributed by atoms with Gasteiger partial charge in [-0.2, -0.15) is 0 Å². The van der Waals surface area contributed by atoms with Gasteiger partial charge in [0.1, 0.15) is 11.1 Å². The highest BCUT2D eigenvalue weighted by Gasteiger charge is 2.38. The summed E-state index contributed by atoms with van der Waals surface area (Å²) in [5, 5.41) is 9.61. The smallest absolute Gasteiger partial charge is 0.274 e. The molecule has 0 aliphatic carbocycles. The van der Waals surface area contributed by atoms with Gasteiger partial charge in [0.05, 0.1) is 11.0 Å². The van der Waals surface area contributed by atoms with Crippen molar-refractivity contribution in [2.24, 2.45) is 0 Å². The van der Waals surface area contributed by atoms with E-state index >= 15 is 0 Å². The largest absolute Gasteiger partial charge is 0.295 e. The molecule has 102 valence electrons. The van der Waals surface area contributed by atoms with Crippen molar-refractivity contribution in [3.63, 3.8) is 0 Å². The maximum absolute atomic E-state index is 11.7. The van der Waals surface area contributed by atoms with E-state index in [2.05, 4.69) is 4.98 Å². The van der Waals surface area contributed by atoms with Crippen LogP contribution in [0.25, 0.3) is 0 Å². The number of amides is 1. The second-order valence-corrected chi connectivity index (χ2v) is 6.84. The van der Waals surface area contributed by atoms with Gasteiger partial charge in [-0.05, 0) is 0 Å². The van der Waals surface area contributed by atoms with Gasteiger partial charge < -0.3 is 0 Å². The quantitative estimate of drug-likeness (QED) is 0.461. The number of carbonyl (C=O) groups excluding carboxylic acids is 1. The Labute approximate surface area is 112 Å². The third kappa shape index (κ3) is 2.82. The summed E-state index contributed by atoms with van der Waals surface area (Å²) in [4.78, 5) is 26.6. The highest BCUT2D eigenvalue weighted by molar-refractivity contribution is 8.14. The number of anilines is 1. The average Bonchev–Trinajstić information content (AvgIpc) is 2.71. The van der Waals surface area contributed by atoms with E-state index in [0.29, 0.717) is 0 Å². The van der Waals surface area contributed by atoms with E-state index in [1.165, 1.54) is 12.3 Å². The van der Waals surface area contributed by atoms with Gasteiger partial charge in [0.15, 0.2) is 0 Å². The second kappa shape index (κ2) is 4.74. The number of halogens is 1. The van der Waals surface area contributed by atoms with Gasteiger partial charge >= 0.3 is 0 Å². The molecule has 1 amide bonds. The van der Waals surface area contributed by atoms with Crippen LogP contribution in [0.3, 0.4) is 0 Å². The van der Waals surface area contributed by atoms with Crippen LogP contribution in [0.1, 0.15) is 6.42 Å². The SMILES string of the molecule is O=C1CC(S(=O)(=O)Cl)CN1c1cc([N+](=O)[O-])ccn1. The molecular weight excluding hydrogens is 298 g/mol. The van der Waals surface area contributed by atoms with Crippen molar-refractivity contribution in [3.8, 4) is 0 Å². The molecule has 1 aromatic rings. The molecule has 0 saturated carbocycles. The minimum atomic E-state index is -3.85. The summed E-state index contributed by atoms with van der Waals surface area (Å²) in [6.45, 7) is -0.154. The van der Waals surface area contributed by atoms with Crippen molar-refractivity contribution in [3.05, 3.63) is 28.4 Å². The third-order valence-electron chi connectivity index (χ3n) is 2.70. The van der Waals surface area contributed by atoms with Crippen LogP contribution in [0.2, 0.25) is 0 Å². The summed E-state index contributed by atoms with van der Waals surface area (Å²) in [5.41, 5.74) is -0.227. The highest BCUT2D eigenvalue weighted by Crippen LogP contribution is 2.27. The highest BCUT2D eigenvalue weighted by atomic mass is 35.7. The van der Waals surface area contributed by atoms with Crippen molar-refractivity contribution >= 4 is 37.1 Å². The maximum atomic E-state index is 11.7. The number of nitro groups is 1. The first-order valence-electron chi connectivity index (χ1n) is 5.13. The lowest BCUT2D eigenvalue weighted by Gasteiger charge is -2.14. The molecule has 0 aromatic carbocycles. The van der Waals surface area contributed by atoms with Crippen molar-refractivity contribution in [2.45, 2.75) is 11.7 Å². The van der Waals surface area contributed by atoms with Crippen molar-refractivity contribution in [1.29, 1.82) is 0 Å². The van der Waals surface area contributed by atoms with E-state index in [1.807, 2.05) is 0 Å². The van der Waals surface area contributed by atoms with Crippen LogP contribution in [0.4, 0.5) is 11.5 Å². The molecular formula is C9H8ClN3O5S. The zero-order chi connectivity index (χ0) is 14.2. The molecule has 1 saturated heterocycles. The predicted octanol–water partition coefficient (Wildman–Crippen LogP) is 0.664. The average molecular weight is 306 g/mol. The number of nitrogens with zero attached hydrogens (tertiary/aromatic N) is 3. The predicted molar refractivity (Wildman–Crippen MR) is 66.4 cm³/mol. The van der Waals surface area contributed by atoms with Crippen LogP contribution < -0.4 is 4.90 Å². The molecule has 0 radical (unpaired) electrons. The summed E-state index contributed by atoms with van der Waals surface area (Å²) in [5.74, 6) is -0.441. The number of pyridine rings is 1. The van der Waals surface area contributed by atoms with Crippen LogP contribution in [0, 0.1) is 10.1 Å². The molecule has 1 aliphatic rings. The second-order valence-electron chi connectivity index (χ2n) is 3.94. The molecule has 1 unspecified atom stereocenters. The summed E-state index contributed by atoms with van der Waals surface area (Å²) in [6, 6.07) is 2.29. The van der Waals surface area contributed by atoms with Crippen LogP contribution in [-0.4, -0.2) is 36.0 Å². The van der Waals surface area contributed by atoms with Gasteiger partial charge in [-0.1, -0.05) is 0 Å². The molecule has 0 N–H and O–H groups in total. The fraction of sp³-hybridized carbons (Fsp3) is 0.333. The summed E-state index contributed by atoms with van der Waals surface area (Å²) in [7, 11) is 1.35. The molecule has 1 aliphatic heterocycles. The van der Waals surface area contributed by atoms with E-state index in [-0.39, 0.29) is 24.5 Å². The van der Waals surface area contributed by atoms with Gasteiger partial charge in [0.2, 0.25) is 15.0 Å². The Morgan fingerprint density at radius 2 is 2.21 bits per heavy atom. The van der Waals surface area contributed by atoms with Gasteiger partial charge in [-0.25, -0.2) is 13.4 Å². The maximum Gasteiger partial charge on any atom is 0.274 e. The van der Waals surface area contributed by atoms with E-state index < -0.39 is 25.1 Å². The zero-order valence-corrected chi connectivity index (χ0v) is 11.0. The molecule has 1 fully saturated rings. The number of carbonyl (C=O) groups is 1. The Hall–Kier alpha value is -1.74. The lowest BCUT2D eigenvalue weighted by atomic mass is 10.4. The summed E-state index contributed by atoms with van der Waals surface area (Å²) in [6.07, 6.45) is 0.930. The molecule has 0 spiro atoms. The molecule has 19 heavy (non-hydrogen) atoms. The van der Waals surface area contributed by atoms with E-state index in [9.17, 15) is 23.3 Å². The van der Waals surface area contributed by atoms with Crippen molar-refractivity contribution < 1.29 is 18.1 Å². The first kappa shape index (κ1) is 13.7. The van der Waals surface area contributed by atoms with E-state index in [1.54, 1.807) is 0 Å². The van der Waals surface area contributed by atoms with Crippen LogP contribution >= 0.6 is 10.7 Å². The van der Waals surface area contributed by atoms with E-state index in [0.717, 1.165) is 11.0 Å². The van der Waals surface area contributed by atoms with Gasteiger partial charge in [0, 0.05) is 35.9 Å². The fourth-order valence-electron chi connectivity index (χ4n) is 1.75. The van der Waals surface area contributed by atoms with Gasteiger partial charge in [0.25, 0.3) is 5.69 Å². The molecule has 1 aromatic heterocycles. The third-order valence-corrected chi connectivity index (χ3v) is 4.57. The fourth-order valence-corrected chi connectivity index (χ4v) is 2.78. The number of hydrogen-bond acceptors (Lipinski definition) is 6. The minimum Gasteiger partial charge on any atom is -0.295 e. The summed E-state index contributed by atoms with van der Waals surface area (Å²) >= 11 is 0. The molecule has 2 rings (SSSR count).